The van der Waals surface area contributed by atoms with E-state index in [1.165, 1.54) is 10.7 Å². The van der Waals surface area contributed by atoms with Crippen molar-refractivity contribution in [2.45, 2.75) is 34.3 Å². The molecule has 150 valence electrons. The maximum Gasteiger partial charge on any atom is 0.252 e. The summed E-state index contributed by atoms with van der Waals surface area (Å²) >= 11 is 0. The summed E-state index contributed by atoms with van der Waals surface area (Å²) in [5.41, 5.74) is 3.59. The van der Waals surface area contributed by atoms with E-state index in [0.29, 0.717) is 12.2 Å². The molecule has 2 aromatic carbocycles. The lowest BCUT2D eigenvalue weighted by Gasteiger charge is -2.16. The van der Waals surface area contributed by atoms with Crippen LogP contribution in [0.15, 0.2) is 42.6 Å². The molecular formula is C23H24FN3O2. The zero-order valence-electron chi connectivity index (χ0n) is 17.3. The van der Waals surface area contributed by atoms with E-state index in [0.717, 1.165) is 33.2 Å². The summed E-state index contributed by atoms with van der Waals surface area (Å²) in [6.07, 6.45) is 1.71. The predicted molar refractivity (Wildman–Crippen MR) is 112 cm³/mol. The third-order valence-electron chi connectivity index (χ3n) is 5.09. The second-order valence-electron chi connectivity index (χ2n) is 8.42. The fourth-order valence-electron chi connectivity index (χ4n) is 3.59. The molecule has 0 aliphatic heterocycles. The van der Waals surface area contributed by atoms with Gasteiger partial charge < -0.3 is 9.30 Å². The molecule has 0 unspecified atom stereocenters. The number of methoxy groups -OCH3 is 1. The van der Waals surface area contributed by atoms with Crippen molar-refractivity contribution in [3.05, 3.63) is 59.7 Å². The minimum absolute atomic E-state index is 0.0578. The van der Waals surface area contributed by atoms with Crippen LogP contribution in [0, 0.1) is 18.2 Å². The van der Waals surface area contributed by atoms with Gasteiger partial charge in [-0.1, -0.05) is 20.8 Å². The molecule has 0 amide bonds. The molecule has 4 rings (SSSR count). The Labute approximate surface area is 168 Å². The highest BCUT2D eigenvalue weighted by molar-refractivity contribution is 6.01. The second kappa shape index (κ2) is 6.81. The number of aromatic nitrogens is 3. The van der Waals surface area contributed by atoms with Gasteiger partial charge in [0, 0.05) is 34.7 Å². The number of carbonyl (C=O) groups is 1. The largest absolute Gasteiger partial charge is 0.378 e. The van der Waals surface area contributed by atoms with Gasteiger partial charge in [0.25, 0.3) is 5.91 Å². The van der Waals surface area contributed by atoms with Crippen molar-refractivity contribution in [2.75, 3.05) is 7.11 Å². The summed E-state index contributed by atoms with van der Waals surface area (Å²) < 4.78 is 22.7. The fraction of sp³-hybridized carbons (Fsp3) is 0.304. The Balaban J connectivity index is 1.97. The fourth-order valence-corrected chi connectivity index (χ4v) is 3.59. The van der Waals surface area contributed by atoms with Crippen LogP contribution in [0.1, 0.15) is 36.8 Å². The summed E-state index contributed by atoms with van der Waals surface area (Å²) in [5, 5.41) is 6.17. The van der Waals surface area contributed by atoms with Gasteiger partial charge in [-0.15, -0.1) is 0 Å². The smallest absolute Gasteiger partial charge is 0.252 e. The zero-order valence-corrected chi connectivity index (χ0v) is 17.3. The van der Waals surface area contributed by atoms with Crippen LogP contribution < -0.4 is 0 Å². The van der Waals surface area contributed by atoms with E-state index in [9.17, 15) is 9.18 Å². The Morgan fingerprint density at radius 2 is 1.83 bits per heavy atom. The number of nitrogens with zero attached hydrogens (tertiary/aromatic N) is 3. The van der Waals surface area contributed by atoms with E-state index >= 15 is 0 Å². The van der Waals surface area contributed by atoms with E-state index < -0.39 is 5.41 Å². The predicted octanol–water partition coefficient (Wildman–Crippen LogP) is 5.26. The summed E-state index contributed by atoms with van der Waals surface area (Å²) in [6.45, 7) is 7.80. The molecule has 0 spiro atoms. The maximum absolute atomic E-state index is 13.8. The lowest BCUT2D eigenvalue weighted by molar-refractivity contribution is 0.0755. The molecule has 4 aromatic rings. The van der Waals surface area contributed by atoms with Gasteiger partial charge in [-0.05, 0) is 48.9 Å². The van der Waals surface area contributed by atoms with Crippen LogP contribution in [-0.2, 0) is 11.3 Å². The molecule has 0 atom stereocenters. The van der Waals surface area contributed by atoms with Crippen molar-refractivity contribution < 1.29 is 13.9 Å². The van der Waals surface area contributed by atoms with Gasteiger partial charge in [0.05, 0.1) is 23.8 Å². The summed E-state index contributed by atoms with van der Waals surface area (Å²) in [4.78, 5) is 12.8. The topological polar surface area (TPSA) is 49.1 Å². The number of hydrogen-bond acceptors (Lipinski definition) is 3. The zero-order chi connectivity index (χ0) is 20.9. The molecule has 29 heavy (non-hydrogen) atoms. The third kappa shape index (κ3) is 3.23. The van der Waals surface area contributed by atoms with Crippen molar-refractivity contribution in [1.29, 1.82) is 0 Å². The van der Waals surface area contributed by atoms with Crippen LogP contribution in [-0.4, -0.2) is 27.4 Å². The molecule has 0 N–H and O–H groups in total. The van der Waals surface area contributed by atoms with Gasteiger partial charge in [0.1, 0.15) is 5.82 Å². The van der Waals surface area contributed by atoms with E-state index in [1.54, 1.807) is 26.3 Å². The highest BCUT2D eigenvalue weighted by Gasteiger charge is 2.25. The molecule has 5 nitrogen and oxygen atoms in total. The van der Waals surface area contributed by atoms with Gasteiger partial charge in [-0.25, -0.2) is 4.39 Å². The molecular weight excluding hydrogens is 369 g/mol. The first-order valence-electron chi connectivity index (χ1n) is 9.53. The van der Waals surface area contributed by atoms with Crippen LogP contribution in [0.2, 0.25) is 0 Å². The van der Waals surface area contributed by atoms with Gasteiger partial charge >= 0.3 is 0 Å². The minimum atomic E-state index is -0.535. The molecule has 0 aliphatic rings. The van der Waals surface area contributed by atoms with Crippen LogP contribution in [0.5, 0.6) is 0 Å². The average molecular weight is 393 g/mol. The van der Waals surface area contributed by atoms with E-state index in [2.05, 4.69) is 9.67 Å². The van der Waals surface area contributed by atoms with Gasteiger partial charge in [0.2, 0.25) is 0 Å². The normalized spacial score (nSPS) is 12.2. The number of benzene rings is 2. The molecule has 0 aliphatic carbocycles. The Morgan fingerprint density at radius 3 is 2.48 bits per heavy atom. The molecule has 6 heteroatoms. The second-order valence-corrected chi connectivity index (χ2v) is 8.42. The van der Waals surface area contributed by atoms with Crippen molar-refractivity contribution in [3.63, 3.8) is 0 Å². The first-order valence-corrected chi connectivity index (χ1v) is 9.53. The van der Waals surface area contributed by atoms with E-state index in [-0.39, 0.29) is 11.7 Å². The molecule has 0 fully saturated rings. The summed E-state index contributed by atoms with van der Waals surface area (Å²) in [6, 6.07) is 11.1. The van der Waals surface area contributed by atoms with Crippen molar-refractivity contribution >= 4 is 27.7 Å². The highest BCUT2D eigenvalue weighted by atomic mass is 19.1. The maximum atomic E-state index is 13.8. The number of aryl methyl sites for hydroxylation is 1. The Hall–Kier alpha value is -2.99. The quantitative estimate of drug-likeness (QED) is 0.477. The van der Waals surface area contributed by atoms with Crippen LogP contribution in [0.3, 0.4) is 0 Å². The number of carbonyl (C=O) groups excluding carboxylic acids is 1. The highest BCUT2D eigenvalue weighted by Crippen LogP contribution is 2.31. The standard InChI is InChI=1S/C23H24FN3O2/c1-14-8-17(6-7-19(14)24)26-18(13-29-5)9-15-10-21-16(11-20(15)26)12-25-27(21)22(28)23(2,3)4/h6-12H,13H2,1-5H3. The molecule has 0 saturated carbocycles. The number of ether oxygens (including phenoxy) is 1. The van der Waals surface area contributed by atoms with E-state index in [4.69, 9.17) is 4.74 Å². The summed E-state index contributed by atoms with van der Waals surface area (Å²) in [7, 11) is 1.65. The lowest BCUT2D eigenvalue weighted by atomic mass is 9.96. The Morgan fingerprint density at radius 1 is 1.10 bits per heavy atom. The average Bonchev–Trinajstić information content (AvgIpc) is 3.21. The monoisotopic (exact) mass is 393 g/mol. The van der Waals surface area contributed by atoms with Crippen LogP contribution >= 0.6 is 0 Å². The van der Waals surface area contributed by atoms with Gasteiger partial charge in [0.15, 0.2) is 0 Å². The molecule has 2 heterocycles. The third-order valence-corrected chi connectivity index (χ3v) is 5.09. The van der Waals surface area contributed by atoms with Crippen LogP contribution in [0.4, 0.5) is 4.39 Å². The number of fused-ring (bicyclic) bond motifs is 2. The molecule has 0 bridgehead atoms. The lowest BCUT2D eigenvalue weighted by Crippen LogP contribution is -2.27. The van der Waals surface area contributed by atoms with Crippen molar-refractivity contribution in [1.82, 2.24) is 14.3 Å². The van der Waals surface area contributed by atoms with E-state index in [1.807, 2.05) is 45.0 Å². The number of rotatable bonds is 3. The minimum Gasteiger partial charge on any atom is -0.378 e. The molecule has 2 aromatic heterocycles. The van der Waals surface area contributed by atoms with Gasteiger partial charge in [-0.2, -0.15) is 9.78 Å². The van der Waals surface area contributed by atoms with Crippen LogP contribution in [0.25, 0.3) is 27.5 Å². The molecule has 0 saturated heterocycles. The van der Waals surface area contributed by atoms with Crippen molar-refractivity contribution in [2.24, 2.45) is 5.41 Å². The number of halogens is 1. The first-order chi connectivity index (χ1) is 13.7. The Kier molecular flexibility index (Phi) is 4.54. The number of hydrogen-bond donors (Lipinski definition) is 0. The molecule has 0 radical (unpaired) electrons. The SMILES string of the molecule is COCc1cc2cc3c(cnn3C(=O)C(C)(C)C)cc2n1-c1ccc(F)c(C)c1. The van der Waals surface area contributed by atoms with Crippen molar-refractivity contribution in [3.8, 4) is 5.69 Å². The first kappa shape index (κ1) is 19.3. The Bertz CT molecular complexity index is 1240. The van der Waals surface area contributed by atoms with Gasteiger partial charge in [-0.3, -0.25) is 4.79 Å². The summed E-state index contributed by atoms with van der Waals surface area (Å²) in [5.74, 6) is -0.291.